The number of imide groups is 1. The minimum Gasteiger partial charge on any atom is -0.497 e. The number of amides is 3. The predicted molar refractivity (Wildman–Crippen MR) is 111 cm³/mol. The summed E-state index contributed by atoms with van der Waals surface area (Å²) < 4.78 is 18.3. The first-order chi connectivity index (χ1) is 14.5. The number of urea groups is 1. The molecule has 7 nitrogen and oxygen atoms in total. The molecule has 0 radical (unpaired) electrons. The largest absolute Gasteiger partial charge is 0.497 e. The van der Waals surface area contributed by atoms with Gasteiger partial charge < -0.3 is 15.0 Å². The molecule has 0 aliphatic carbocycles. The van der Waals surface area contributed by atoms with Crippen molar-refractivity contribution in [2.45, 2.75) is 19.1 Å². The molecule has 1 atom stereocenters. The third kappa shape index (κ3) is 4.38. The van der Waals surface area contributed by atoms with E-state index in [1.54, 1.807) is 19.2 Å². The van der Waals surface area contributed by atoms with Gasteiger partial charge in [-0.3, -0.25) is 14.6 Å². The minimum atomic E-state index is -0.404. The summed E-state index contributed by atoms with van der Waals surface area (Å²) >= 11 is 0. The standard InChI is InChI=1S/C22H25FN4O3/c1-30-19-8-6-18(7-9-19)25-10-12-26(13-11-25)20-14-21(28)27(22(29)24-20)15-16-2-4-17(23)5-3-16/h2-9,20H,10-15H2,1H3,(H,24,29). The Bertz CT molecular complexity index is 878. The molecule has 0 spiro atoms. The SMILES string of the molecule is COc1ccc(N2CCN(C3CC(=O)N(Cc4ccc(F)cc4)C(=O)N3)CC2)cc1. The number of halogens is 1. The number of carbonyl (C=O) groups excluding carboxylic acids is 2. The molecule has 2 heterocycles. The maximum absolute atomic E-state index is 13.1. The van der Waals surface area contributed by atoms with E-state index in [2.05, 4.69) is 15.1 Å². The number of methoxy groups -OCH3 is 1. The Kier molecular flexibility index (Phi) is 5.85. The fourth-order valence-corrected chi connectivity index (χ4v) is 3.90. The van der Waals surface area contributed by atoms with Crippen molar-refractivity contribution in [2.75, 3.05) is 38.2 Å². The van der Waals surface area contributed by atoms with Crippen LogP contribution in [0, 0.1) is 5.82 Å². The van der Waals surface area contributed by atoms with Crippen molar-refractivity contribution in [3.05, 3.63) is 59.9 Å². The maximum Gasteiger partial charge on any atom is 0.325 e. The van der Waals surface area contributed by atoms with Gasteiger partial charge in [0.1, 0.15) is 11.6 Å². The number of ether oxygens (including phenoxy) is 1. The number of piperazine rings is 1. The molecular weight excluding hydrogens is 387 g/mol. The fourth-order valence-electron chi connectivity index (χ4n) is 3.90. The van der Waals surface area contributed by atoms with Gasteiger partial charge >= 0.3 is 6.03 Å². The topological polar surface area (TPSA) is 65.1 Å². The van der Waals surface area contributed by atoms with Crippen molar-refractivity contribution in [1.29, 1.82) is 0 Å². The van der Waals surface area contributed by atoms with Crippen LogP contribution in [0.3, 0.4) is 0 Å². The second kappa shape index (κ2) is 8.71. The molecule has 2 fully saturated rings. The second-order valence-electron chi connectivity index (χ2n) is 7.50. The summed E-state index contributed by atoms with van der Waals surface area (Å²) in [4.78, 5) is 30.8. The van der Waals surface area contributed by atoms with Crippen LogP contribution in [0.4, 0.5) is 14.9 Å². The van der Waals surface area contributed by atoms with Crippen molar-refractivity contribution < 1.29 is 18.7 Å². The zero-order valence-electron chi connectivity index (χ0n) is 16.9. The molecule has 2 aromatic carbocycles. The van der Waals surface area contributed by atoms with Gasteiger partial charge in [0, 0.05) is 31.9 Å². The molecule has 30 heavy (non-hydrogen) atoms. The highest BCUT2D eigenvalue weighted by Crippen LogP contribution is 2.22. The molecule has 3 amide bonds. The first-order valence-corrected chi connectivity index (χ1v) is 10.0. The van der Waals surface area contributed by atoms with Crippen LogP contribution in [0.5, 0.6) is 5.75 Å². The van der Waals surface area contributed by atoms with E-state index in [0.29, 0.717) is 5.56 Å². The van der Waals surface area contributed by atoms with Crippen LogP contribution in [0.1, 0.15) is 12.0 Å². The highest BCUT2D eigenvalue weighted by Gasteiger charge is 2.36. The smallest absolute Gasteiger partial charge is 0.325 e. The van der Waals surface area contributed by atoms with Crippen LogP contribution in [-0.4, -0.2) is 61.2 Å². The number of carbonyl (C=O) groups is 2. The monoisotopic (exact) mass is 412 g/mol. The first-order valence-electron chi connectivity index (χ1n) is 10.0. The summed E-state index contributed by atoms with van der Waals surface area (Å²) in [6.45, 7) is 3.27. The molecular formula is C22H25FN4O3. The summed E-state index contributed by atoms with van der Waals surface area (Å²) in [5.41, 5.74) is 1.84. The summed E-state index contributed by atoms with van der Waals surface area (Å²) in [5, 5.41) is 2.95. The van der Waals surface area contributed by atoms with E-state index in [0.717, 1.165) is 37.6 Å². The van der Waals surface area contributed by atoms with E-state index in [4.69, 9.17) is 4.74 Å². The molecule has 2 saturated heterocycles. The van der Waals surface area contributed by atoms with Gasteiger partial charge in [0.05, 0.1) is 26.2 Å². The van der Waals surface area contributed by atoms with Crippen LogP contribution in [0.15, 0.2) is 48.5 Å². The maximum atomic E-state index is 13.1. The number of nitrogens with one attached hydrogen (secondary N) is 1. The Morgan fingerprint density at radius 1 is 1.00 bits per heavy atom. The minimum absolute atomic E-state index is 0.142. The van der Waals surface area contributed by atoms with Gasteiger partial charge in [0.25, 0.3) is 0 Å². The number of anilines is 1. The van der Waals surface area contributed by atoms with Gasteiger partial charge in [-0.15, -0.1) is 0 Å². The Morgan fingerprint density at radius 2 is 1.67 bits per heavy atom. The number of rotatable bonds is 5. The molecule has 2 aliphatic rings. The van der Waals surface area contributed by atoms with Gasteiger partial charge in [0.2, 0.25) is 5.91 Å². The summed E-state index contributed by atoms with van der Waals surface area (Å²) in [6, 6.07) is 13.4. The van der Waals surface area contributed by atoms with Crippen LogP contribution in [0.25, 0.3) is 0 Å². The zero-order chi connectivity index (χ0) is 21.1. The summed E-state index contributed by atoms with van der Waals surface area (Å²) in [7, 11) is 1.65. The Labute approximate surface area is 175 Å². The molecule has 1 unspecified atom stereocenters. The van der Waals surface area contributed by atoms with E-state index in [9.17, 15) is 14.0 Å². The molecule has 0 saturated carbocycles. The van der Waals surface area contributed by atoms with Crippen molar-refractivity contribution in [1.82, 2.24) is 15.1 Å². The zero-order valence-corrected chi connectivity index (χ0v) is 16.9. The third-order valence-corrected chi connectivity index (χ3v) is 5.65. The molecule has 0 aromatic heterocycles. The van der Waals surface area contributed by atoms with Crippen LogP contribution >= 0.6 is 0 Å². The highest BCUT2D eigenvalue weighted by molar-refractivity contribution is 5.97. The Morgan fingerprint density at radius 3 is 2.27 bits per heavy atom. The van der Waals surface area contributed by atoms with Gasteiger partial charge in [-0.05, 0) is 42.0 Å². The number of hydrogen-bond acceptors (Lipinski definition) is 5. The lowest BCUT2D eigenvalue weighted by Crippen LogP contribution is -2.62. The molecule has 2 aliphatic heterocycles. The number of benzene rings is 2. The molecule has 0 bridgehead atoms. The fraction of sp³-hybridized carbons (Fsp3) is 0.364. The van der Waals surface area contributed by atoms with Crippen molar-refractivity contribution in [3.63, 3.8) is 0 Å². The molecule has 8 heteroatoms. The van der Waals surface area contributed by atoms with Gasteiger partial charge in [0.15, 0.2) is 0 Å². The lowest BCUT2D eigenvalue weighted by atomic mass is 10.1. The average molecular weight is 412 g/mol. The highest BCUT2D eigenvalue weighted by atomic mass is 19.1. The van der Waals surface area contributed by atoms with Gasteiger partial charge in [-0.2, -0.15) is 0 Å². The quantitative estimate of drug-likeness (QED) is 0.817. The van der Waals surface area contributed by atoms with Gasteiger partial charge in [-0.25, -0.2) is 9.18 Å². The second-order valence-corrected chi connectivity index (χ2v) is 7.50. The van der Waals surface area contributed by atoms with E-state index in [1.807, 2.05) is 24.3 Å². The van der Waals surface area contributed by atoms with E-state index >= 15 is 0 Å². The van der Waals surface area contributed by atoms with Crippen LogP contribution < -0.4 is 15.0 Å². The van der Waals surface area contributed by atoms with Crippen molar-refractivity contribution in [2.24, 2.45) is 0 Å². The molecule has 1 N–H and O–H groups in total. The number of hydrogen-bond donors (Lipinski definition) is 1. The van der Waals surface area contributed by atoms with E-state index in [-0.39, 0.29) is 30.9 Å². The summed E-state index contributed by atoms with van der Waals surface area (Å²) in [6.07, 6.45) is -0.0670. The first kappa shape index (κ1) is 20.2. The normalized spacial score (nSPS) is 20.3. The molecule has 4 rings (SSSR count). The third-order valence-electron chi connectivity index (χ3n) is 5.65. The predicted octanol–water partition coefficient (Wildman–Crippen LogP) is 2.42. The Hall–Kier alpha value is -3.13. The molecule has 158 valence electrons. The summed E-state index contributed by atoms with van der Waals surface area (Å²) in [5.74, 6) is 0.263. The van der Waals surface area contributed by atoms with E-state index in [1.165, 1.54) is 17.0 Å². The van der Waals surface area contributed by atoms with Crippen LogP contribution in [-0.2, 0) is 11.3 Å². The van der Waals surface area contributed by atoms with Crippen molar-refractivity contribution in [3.8, 4) is 5.75 Å². The molecule has 2 aromatic rings. The lowest BCUT2D eigenvalue weighted by molar-refractivity contribution is -0.132. The van der Waals surface area contributed by atoms with Crippen molar-refractivity contribution >= 4 is 17.6 Å². The Balaban J connectivity index is 1.32. The number of nitrogens with zero attached hydrogens (tertiary/aromatic N) is 3. The van der Waals surface area contributed by atoms with E-state index < -0.39 is 6.03 Å². The van der Waals surface area contributed by atoms with Crippen LogP contribution in [0.2, 0.25) is 0 Å². The lowest BCUT2D eigenvalue weighted by Gasteiger charge is -2.42. The van der Waals surface area contributed by atoms with Gasteiger partial charge in [-0.1, -0.05) is 12.1 Å². The average Bonchev–Trinajstić information content (AvgIpc) is 2.77.